The van der Waals surface area contributed by atoms with Crippen molar-refractivity contribution < 1.29 is 0 Å². The van der Waals surface area contributed by atoms with E-state index in [2.05, 4.69) is 20.2 Å². The molecule has 0 atom stereocenters. The van der Waals surface area contributed by atoms with Crippen molar-refractivity contribution in [1.29, 1.82) is 0 Å². The van der Waals surface area contributed by atoms with Gasteiger partial charge in [0.05, 0.1) is 12.2 Å². The summed E-state index contributed by atoms with van der Waals surface area (Å²) in [6.45, 7) is 2.46. The summed E-state index contributed by atoms with van der Waals surface area (Å²) < 4.78 is 1.84. The predicted molar refractivity (Wildman–Crippen MR) is 67.8 cm³/mol. The fourth-order valence-electron chi connectivity index (χ4n) is 1.85. The van der Waals surface area contributed by atoms with Gasteiger partial charge in [-0.3, -0.25) is 4.57 Å². The first-order chi connectivity index (χ1) is 8.74. The highest BCUT2D eigenvalue weighted by Gasteiger charge is 2.10. The highest BCUT2D eigenvalue weighted by molar-refractivity contribution is 5.74. The molecule has 0 spiro atoms. The van der Waals surface area contributed by atoms with Gasteiger partial charge >= 0.3 is 0 Å². The number of nitrogens with zero attached hydrogens (tertiary/aromatic N) is 5. The smallest absolute Gasteiger partial charge is 0.202 e. The molecule has 3 aromatic rings. The quantitative estimate of drug-likeness (QED) is 0.726. The van der Waals surface area contributed by atoms with Crippen LogP contribution in [0.1, 0.15) is 11.4 Å². The van der Waals surface area contributed by atoms with Gasteiger partial charge in [0.15, 0.2) is 5.65 Å². The molecule has 0 aliphatic rings. The summed E-state index contributed by atoms with van der Waals surface area (Å²) in [5.74, 6) is 0.439. The monoisotopic (exact) mass is 240 g/mol. The number of fused-ring (bicyclic) bond motifs is 1. The van der Waals surface area contributed by atoms with Crippen LogP contribution >= 0.6 is 0 Å². The van der Waals surface area contributed by atoms with Gasteiger partial charge in [-0.15, -0.1) is 0 Å². The van der Waals surface area contributed by atoms with Crippen molar-refractivity contribution >= 4 is 17.1 Å². The molecule has 0 amide bonds. The fourth-order valence-corrected chi connectivity index (χ4v) is 1.85. The van der Waals surface area contributed by atoms with Gasteiger partial charge in [-0.1, -0.05) is 0 Å². The Morgan fingerprint density at radius 1 is 1.22 bits per heavy atom. The first kappa shape index (κ1) is 10.6. The summed E-state index contributed by atoms with van der Waals surface area (Å²) in [5.41, 5.74) is 9.24. The van der Waals surface area contributed by atoms with E-state index in [0.717, 1.165) is 22.6 Å². The van der Waals surface area contributed by atoms with Gasteiger partial charge in [0.25, 0.3) is 0 Å². The Balaban J connectivity index is 2.11. The number of anilines is 1. The molecule has 18 heavy (non-hydrogen) atoms. The van der Waals surface area contributed by atoms with E-state index in [1.165, 1.54) is 0 Å². The zero-order chi connectivity index (χ0) is 12.5. The molecule has 90 valence electrons. The summed E-state index contributed by atoms with van der Waals surface area (Å²) in [5, 5.41) is 7.89. The average Bonchev–Trinajstić information content (AvgIpc) is 2.67. The number of aromatic nitrogens is 5. The van der Waals surface area contributed by atoms with Gasteiger partial charge in [-0.2, -0.15) is 10.2 Å². The van der Waals surface area contributed by atoms with Crippen LogP contribution in [-0.2, 0) is 6.54 Å². The minimum atomic E-state index is 0.439. The SMILES string of the molecule is Cc1ccc2nc(N)n(Cc3cccnn3)c2n1. The largest absolute Gasteiger partial charge is 0.369 e. The van der Waals surface area contributed by atoms with Crippen molar-refractivity contribution in [1.82, 2.24) is 24.7 Å². The summed E-state index contributed by atoms with van der Waals surface area (Å²) in [7, 11) is 0. The highest BCUT2D eigenvalue weighted by Crippen LogP contribution is 2.17. The third kappa shape index (κ3) is 1.77. The van der Waals surface area contributed by atoms with E-state index < -0.39 is 0 Å². The Bertz CT molecular complexity index is 688. The van der Waals surface area contributed by atoms with E-state index in [1.807, 2.05) is 35.8 Å². The van der Waals surface area contributed by atoms with Gasteiger partial charge in [-0.05, 0) is 31.2 Å². The Labute approximate surface area is 104 Å². The number of rotatable bonds is 2. The fraction of sp³-hybridized carbons (Fsp3) is 0.167. The van der Waals surface area contributed by atoms with Crippen molar-refractivity contribution in [2.24, 2.45) is 0 Å². The molecular formula is C12H12N6. The lowest BCUT2D eigenvalue weighted by Crippen LogP contribution is -2.07. The number of imidazole rings is 1. The third-order valence-electron chi connectivity index (χ3n) is 2.71. The average molecular weight is 240 g/mol. The van der Waals surface area contributed by atoms with E-state index in [0.29, 0.717) is 12.5 Å². The van der Waals surface area contributed by atoms with Crippen LogP contribution in [0.25, 0.3) is 11.2 Å². The zero-order valence-corrected chi connectivity index (χ0v) is 9.91. The molecular weight excluding hydrogens is 228 g/mol. The lowest BCUT2D eigenvalue weighted by molar-refractivity contribution is 0.774. The van der Waals surface area contributed by atoms with Crippen LogP contribution in [0, 0.1) is 6.92 Å². The van der Waals surface area contributed by atoms with Crippen LogP contribution in [-0.4, -0.2) is 24.7 Å². The summed E-state index contributed by atoms with van der Waals surface area (Å²) in [6.07, 6.45) is 1.64. The predicted octanol–water partition coefficient (Wildman–Crippen LogP) is 1.16. The van der Waals surface area contributed by atoms with Crippen LogP contribution in [0.2, 0.25) is 0 Å². The summed E-state index contributed by atoms with van der Waals surface area (Å²) in [6, 6.07) is 7.58. The minimum absolute atomic E-state index is 0.439. The molecule has 0 radical (unpaired) electrons. The maximum Gasteiger partial charge on any atom is 0.202 e. The molecule has 0 aromatic carbocycles. The summed E-state index contributed by atoms with van der Waals surface area (Å²) >= 11 is 0. The molecule has 0 fully saturated rings. The van der Waals surface area contributed by atoms with Crippen molar-refractivity contribution in [2.75, 3.05) is 5.73 Å². The van der Waals surface area contributed by atoms with Crippen molar-refractivity contribution in [3.8, 4) is 0 Å². The molecule has 6 nitrogen and oxygen atoms in total. The Kier molecular flexibility index (Phi) is 2.40. The van der Waals surface area contributed by atoms with E-state index in [9.17, 15) is 0 Å². The molecule has 3 aromatic heterocycles. The Morgan fingerprint density at radius 2 is 2.11 bits per heavy atom. The molecule has 0 aliphatic heterocycles. The van der Waals surface area contributed by atoms with Crippen LogP contribution in [0.3, 0.4) is 0 Å². The molecule has 6 heteroatoms. The van der Waals surface area contributed by atoms with Gasteiger partial charge < -0.3 is 5.73 Å². The van der Waals surface area contributed by atoms with Gasteiger partial charge in [0, 0.05) is 11.9 Å². The molecule has 0 aliphatic carbocycles. The first-order valence-corrected chi connectivity index (χ1v) is 5.60. The summed E-state index contributed by atoms with van der Waals surface area (Å²) in [4.78, 5) is 8.75. The van der Waals surface area contributed by atoms with E-state index >= 15 is 0 Å². The second kappa shape index (κ2) is 4.06. The zero-order valence-electron chi connectivity index (χ0n) is 9.91. The number of hydrogen-bond acceptors (Lipinski definition) is 5. The van der Waals surface area contributed by atoms with E-state index in [4.69, 9.17) is 5.73 Å². The van der Waals surface area contributed by atoms with E-state index in [-0.39, 0.29) is 0 Å². The topological polar surface area (TPSA) is 82.5 Å². The van der Waals surface area contributed by atoms with Crippen LogP contribution < -0.4 is 5.73 Å². The molecule has 3 rings (SSSR count). The maximum atomic E-state index is 5.91. The van der Waals surface area contributed by atoms with E-state index in [1.54, 1.807) is 6.20 Å². The number of hydrogen-bond donors (Lipinski definition) is 1. The Hall–Kier alpha value is -2.50. The molecule has 0 saturated carbocycles. The second-order valence-corrected chi connectivity index (χ2v) is 4.07. The first-order valence-electron chi connectivity index (χ1n) is 5.60. The number of pyridine rings is 1. The molecule has 0 bridgehead atoms. The number of aryl methyl sites for hydroxylation is 1. The standard InChI is InChI=1S/C12H12N6/c1-8-4-5-10-11(15-8)18(12(13)16-10)7-9-3-2-6-14-17-9/h2-6H,7H2,1H3,(H2,13,16). The van der Waals surface area contributed by atoms with Gasteiger partial charge in [0.2, 0.25) is 5.95 Å². The van der Waals surface area contributed by atoms with Gasteiger partial charge in [0.1, 0.15) is 5.52 Å². The Morgan fingerprint density at radius 3 is 2.89 bits per heavy atom. The minimum Gasteiger partial charge on any atom is -0.369 e. The van der Waals surface area contributed by atoms with Crippen molar-refractivity contribution in [2.45, 2.75) is 13.5 Å². The van der Waals surface area contributed by atoms with Crippen LogP contribution in [0.15, 0.2) is 30.5 Å². The maximum absolute atomic E-state index is 5.91. The number of nitrogen functional groups attached to an aromatic ring is 1. The third-order valence-corrected chi connectivity index (χ3v) is 2.71. The normalized spacial score (nSPS) is 10.9. The van der Waals surface area contributed by atoms with Crippen LogP contribution in [0.4, 0.5) is 5.95 Å². The second-order valence-electron chi connectivity index (χ2n) is 4.07. The molecule has 0 unspecified atom stereocenters. The number of nitrogens with two attached hydrogens (primary N) is 1. The molecule has 3 heterocycles. The molecule has 0 saturated heterocycles. The van der Waals surface area contributed by atoms with Crippen molar-refractivity contribution in [3.63, 3.8) is 0 Å². The highest BCUT2D eigenvalue weighted by atomic mass is 15.2. The van der Waals surface area contributed by atoms with Crippen LogP contribution in [0.5, 0.6) is 0 Å². The molecule has 2 N–H and O–H groups in total. The van der Waals surface area contributed by atoms with Gasteiger partial charge in [-0.25, -0.2) is 9.97 Å². The van der Waals surface area contributed by atoms with Crippen molar-refractivity contribution in [3.05, 3.63) is 41.9 Å². The lowest BCUT2D eigenvalue weighted by Gasteiger charge is -2.04. The lowest BCUT2D eigenvalue weighted by atomic mass is 10.3.